The van der Waals surface area contributed by atoms with Crippen LogP contribution in [0.3, 0.4) is 0 Å². The summed E-state index contributed by atoms with van der Waals surface area (Å²) >= 11 is 0. The lowest BCUT2D eigenvalue weighted by Gasteiger charge is -2.13. The van der Waals surface area contributed by atoms with E-state index in [4.69, 9.17) is 9.84 Å². The van der Waals surface area contributed by atoms with Crippen LogP contribution in [-0.4, -0.2) is 32.9 Å². The van der Waals surface area contributed by atoms with Crippen LogP contribution in [0.5, 0.6) is 5.75 Å². The molecule has 1 unspecified atom stereocenters. The molecule has 0 aliphatic carbocycles. The summed E-state index contributed by atoms with van der Waals surface area (Å²) in [6.07, 6.45) is 2.15. The highest BCUT2D eigenvalue weighted by Gasteiger charge is 2.15. The Morgan fingerprint density at radius 2 is 2.10 bits per heavy atom. The molecule has 0 fully saturated rings. The van der Waals surface area contributed by atoms with Gasteiger partial charge in [0.15, 0.2) is 6.10 Å². The van der Waals surface area contributed by atoms with Crippen molar-refractivity contribution in [1.29, 1.82) is 0 Å². The summed E-state index contributed by atoms with van der Waals surface area (Å²) in [7, 11) is 0. The average molecular weight is 289 g/mol. The summed E-state index contributed by atoms with van der Waals surface area (Å²) in [5, 5.41) is 15.1. The van der Waals surface area contributed by atoms with Crippen LogP contribution in [-0.2, 0) is 16.1 Å². The van der Waals surface area contributed by atoms with Crippen LogP contribution in [0, 0.1) is 0 Å². The number of aliphatic carboxylic acids is 1. The molecule has 1 amide bonds. The first-order valence-corrected chi connectivity index (χ1v) is 6.31. The number of hydrogen-bond acceptors (Lipinski definition) is 4. The number of carbonyl (C=O) groups is 2. The summed E-state index contributed by atoms with van der Waals surface area (Å²) in [5.74, 6) is -0.743. The zero-order valence-corrected chi connectivity index (χ0v) is 11.4. The van der Waals surface area contributed by atoms with E-state index >= 15 is 0 Å². The highest BCUT2D eigenvalue weighted by atomic mass is 16.5. The molecule has 0 saturated heterocycles. The van der Waals surface area contributed by atoms with Crippen molar-refractivity contribution in [1.82, 2.24) is 9.78 Å². The Kier molecular flexibility index (Phi) is 4.55. The molecule has 7 heteroatoms. The number of aromatic nitrogens is 2. The fraction of sp³-hybridized carbons (Fsp3) is 0.214. The maximum atomic E-state index is 12.0. The Balaban J connectivity index is 1.91. The molecule has 110 valence electrons. The van der Waals surface area contributed by atoms with Crippen LogP contribution < -0.4 is 10.1 Å². The van der Waals surface area contributed by atoms with Crippen LogP contribution in [0.15, 0.2) is 42.7 Å². The van der Waals surface area contributed by atoms with E-state index in [0.29, 0.717) is 11.4 Å². The average Bonchev–Trinajstić information content (AvgIpc) is 2.86. The molecule has 0 aliphatic rings. The first kappa shape index (κ1) is 14.6. The number of rotatable bonds is 6. The molecule has 2 rings (SSSR count). The molecule has 0 saturated carbocycles. The number of amides is 1. The van der Waals surface area contributed by atoms with E-state index in [1.807, 2.05) is 18.2 Å². The second-order valence-corrected chi connectivity index (χ2v) is 4.38. The summed E-state index contributed by atoms with van der Waals surface area (Å²) in [4.78, 5) is 22.5. The fourth-order valence-corrected chi connectivity index (χ4v) is 1.65. The summed E-state index contributed by atoms with van der Waals surface area (Å²) in [6.45, 7) is 1.37. The van der Waals surface area contributed by atoms with Gasteiger partial charge >= 0.3 is 5.97 Å². The molecule has 0 radical (unpaired) electrons. The smallest absolute Gasteiger partial charge is 0.325 e. The van der Waals surface area contributed by atoms with Gasteiger partial charge in [0.25, 0.3) is 5.91 Å². The third kappa shape index (κ3) is 4.34. The van der Waals surface area contributed by atoms with Gasteiger partial charge in [-0.3, -0.25) is 14.3 Å². The molecule has 0 aliphatic heterocycles. The van der Waals surface area contributed by atoms with Gasteiger partial charge in [0, 0.05) is 6.20 Å². The maximum Gasteiger partial charge on any atom is 0.325 e. The van der Waals surface area contributed by atoms with Gasteiger partial charge in [-0.15, -0.1) is 0 Å². The second-order valence-electron chi connectivity index (χ2n) is 4.38. The molecule has 0 bridgehead atoms. The van der Waals surface area contributed by atoms with E-state index in [0.717, 1.165) is 0 Å². The van der Waals surface area contributed by atoms with Crippen molar-refractivity contribution in [2.45, 2.75) is 19.6 Å². The Bertz CT molecular complexity index is 624. The minimum atomic E-state index is -1.00. The lowest BCUT2D eigenvalue weighted by atomic mass is 10.3. The highest BCUT2D eigenvalue weighted by molar-refractivity contribution is 5.93. The monoisotopic (exact) mass is 289 g/mol. The Morgan fingerprint density at radius 3 is 2.76 bits per heavy atom. The van der Waals surface area contributed by atoms with Gasteiger partial charge in [0.2, 0.25) is 0 Å². The number of anilines is 1. The quantitative estimate of drug-likeness (QED) is 0.837. The lowest BCUT2D eigenvalue weighted by molar-refractivity contribution is -0.137. The second kappa shape index (κ2) is 6.56. The Morgan fingerprint density at radius 1 is 1.38 bits per heavy atom. The van der Waals surface area contributed by atoms with Crippen LogP contribution in [0.4, 0.5) is 5.69 Å². The topological polar surface area (TPSA) is 93.5 Å². The van der Waals surface area contributed by atoms with E-state index in [-0.39, 0.29) is 12.5 Å². The minimum Gasteiger partial charge on any atom is -0.481 e. The molecular weight excluding hydrogens is 274 g/mol. The summed E-state index contributed by atoms with van der Waals surface area (Å²) in [5.41, 5.74) is 0.421. The molecule has 2 aromatic rings. The van der Waals surface area contributed by atoms with Crippen LogP contribution in [0.2, 0.25) is 0 Å². The van der Waals surface area contributed by atoms with Crippen molar-refractivity contribution in [3.05, 3.63) is 42.7 Å². The standard InChI is InChI=1S/C14H15N3O4/c1-10(21-12-5-3-2-4-6-12)14(20)16-11-7-15-17(8-11)9-13(18)19/h2-8,10H,9H2,1H3,(H,16,20)(H,18,19). The third-order valence-corrected chi connectivity index (χ3v) is 2.62. The maximum absolute atomic E-state index is 12.0. The number of nitrogens with zero attached hydrogens (tertiary/aromatic N) is 2. The van der Waals surface area contributed by atoms with Crippen LogP contribution in [0.1, 0.15) is 6.92 Å². The SMILES string of the molecule is CC(Oc1ccccc1)C(=O)Nc1cnn(CC(=O)O)c1. The van der Waals surface area contributed by atoms with Crippen molar-refractivity contribution < 1.29 is 19.4 Å². The first-order chi connectivity index (χ1) is 10.0. The Labute approximate surface area is 121 Å². The Hall–Kier alpha value is -2.83. The molecule has 0 spiro atoms. The summed E-state index contributed by atoms with van der Waals surface area (Å²) < 4.78 is 6.71. The minimum absolute atomic E-state index is 0.258. The third-order valence-electron chi connectivity index (χ3n) is 2.62. The molecule has 7 nitrogen and oxygen atoms in total. The number of para-hydroxylation sites is 1. The van der Waals surface area contributed by atoms with Gasteiger partial charge in [-0.1, -0.05) is 18.2 Å². The van der Waals surface area contributed by atoms with Gasteiger partial charge in [-0.05, 0) is 19.1 Å². The van der Waals surface area contributed by atoms with E-state index in [1.165, 1.54) is 17.1 Å². The van der Waals surface area contributed by atoms with Crippen molar-refractivity contribution in [3.63, 3.8) is 0 Å². The predicted octanol–water partition coefficient (Wildman–Crippen LogP) is 1.37. The molecule has 1 atom stereocenters. The largest absolute Gasteiger partial charge is 0.481 e. The fourth-order valence-electron chi connectivity index (χ4n) is 1.65. The predicted molar refractivity (Wildman–Crippen MR) is 75.0 cm³/mol. The van der Waals surface area contributed by atoms with Crippen LogP contribution in [0.25, 0.3) is 0 Å². The van der Waals surface area contributed by atoms with Crippen molar-refractivity contribution in [2.24, 2.45) is 0 Å². The van der Waals surface area contributed by atoms with Crippen molar-refractivity contribution >= 4 is 17.6 Å². The van der Waals surface area contributed by atoms with Gasteiger partial charge in [0.05, 0.1) is 11.9 Å². The van der Waals surface area contributed by atoms with Crippen LogP contribution >= 0.6 is 0 Å². The molecule has 1 heterocycles. The van der Waals surface area contributed by atoms with E-state index in [1.54, 1.807) is 19.1 Å². The highest BCUT2D eigenvalue weighted by Crippen LogP contribution is 2.12. The van der Waals surface area contributed by atoms with Gasteiger partial charge in [-0.2, -0.15) is 5.10 Å². The first-order valence-electron chi connectivity index (χ1n) is 6.31. The number of ether oxygens (including phenoxy) is 1. The number of carbonyl (C=O) groups excluding carboxylic acids is 1. The molecule has 1 aromatic carbocycles. The molecular formula is C14H15N3O4. The van der Waals surface area contributed by atoms with Gasteiger partial charge in [-0.25, -0.2) is 0 Å². The van der Waals surface area contributed by atoms with E-state index in [2.05, 4.69) is 10.4 Å². The number of carboxylic acid groups (broad SMARTS) is 1. The molecule has 21 heavy (non-hydrogen) atoms. The van der Waals surface area contributed by atoms with Gasteiger partial charge in [0.1, 0.15) is 12.3 Å². The molecule has 1 aromatic heterocycles. The van der Waals surface area contributed by atoms with Gasteiger partial charge < -0.3 is 15.2 Å². The van der Waals surface area contributed by atoms with Crippen molar-refractivity contribution in [2.75, 3.05) is 5.32 Å². The number of hydrogen-bond donors (Lipinski definition) is 2. The zero-order valence-electron chi connectivity index (χ0n) is 11.4. The molecule has 2 N–H and O–H groups in total. The number of benzene rings is 1. The van der Waals surface area contributed by atoms with E-state index < -0.39 is 12.1 Å². The number of nitrogens with one attached hydrogen (secondary N) is 1. The number of carboxylic acids is 1. The van der Waals surface area contributed by atoms with Crippen molar-refractivity contribution in [3.8, 4) is 5.75 Å². The van der Waals surface area contributed by atoms with E-state index in [9.17, 15) is 9.59 Å². The normalized spacial score (nSPS) is 11.7. The lowest BCUT2D eigenvalue weighted by Crippen LogP contribution is -2.30. The summed E-state index contributed by atoms with van der Waals surface area (Å²) in [6, 6.07) is 9.00. The zero-order chi connectivity index (χ0) is 15.2.